The number of imide groups is 1. The highest BCUT2D eigenvalue weighted by Crippen LogP contribution is 2.36. The Bertz CT molecular complexity index is 855. The number of carbonyl (C=O) groups is 2. The molecule has 1 atom stereocenters. The van der Waals surface area contributed by atoms with Crippen LogP contribution in [0.1, 0.15) is 22.3 Å². The van der Waals surface area contributed by atoms with Gasteiger partial charge in [0.05, 0.1) is 6.07 Å². The maximum absolute atomic E-state index is 13.1. The highest BCUT2D eigenvalue weighted by atomic mass is 16.2. The third kappa shape index (κ3) is 2.24. The Kier molecular flexibility index (Phi) is 3.82. The normalized spacial score (nSPS) is 20.0. The molecule has 2 aromatic rings. The molecule has 0 saturated carbocycles. The molecule has 0 unspecified atom stereocenters. The van der Waals surface area contributed by atoms with Crippen molar-refractivity contribution in [3.63, 3.8) is 0 Å². The number of aryl methyl sites for hydroxylation is 2. The smallest absolute Gasteiger partial charge is 0.315 e. The zero-order valence-corrected chi connectivity index (χ0v) is 13.5. The van der Waals surface area contributed by atoms with Crippen LogP contribution in [0.3, 0.4) is 0 Å². The molecule has 1 N–H and O–H groups in total. The van der Waals surface area contributed by atoms with Gasteiger partial charge in [0.15, 0.2) is 5.54 Å². The Morgan fingerprint density at radius 1 is 1.04 bits per heavy atom. The van der Waals surface area contributed by atoms with E-state index in [-0.39, 0.29) is 6.54 Å². The van der Waals surface area contributed by atoms with Crippen LogP contribution in [0, 0.1) is 25.2 Å². The first kappa shape index (κ1) is 15.8. The highest BCUT2D eigenvalue weighted by Gasteiger charge is 2.53. The van der Waals surface area contributed by atoms with Crippen molar-refractivity contribution < 1.29 is 9.59 Å². The average molecular weight is 319 g/mol. The number of amides is 3. The fraction of sp³-hybridized carbons (Fsp3) is 0.211. The second-order valence-electron chi connectivity index (χ2n) is 5.89. The quantitative estimate of drug-likeness (QED) is 0.698. The number of hydrogen-bond acceptors (Lipinski definition) is 3. The zero-order valence-electron chi connectivity index (χ0n) is 13.5. The van der Waals surface area contributed by atoms with Gasteiger partial charge >= 0.3 is 6.03 Å². The fourth-order valence-corrected chi connectivity index (χ4v) is 3.01. The van der Waals surface area contributed by atoms with E-state index in [4.69, 9.17) is 5.26 Å². The van der Waals surface area contributed by atoms with Crippen LogP contribution in [0.5, 0.6) is 0 Å². The standard InChI is InChI=1S/C19H17N3O2/c1-13-8-9-16(12-14(13)2)19(15-6-4-3-5-7-15)17(23)22(11-10-20)18(24)21-19/h3-9,12H,11H2,1-2H3,(H,21,24)/t19-/m0/s1. The fourth-order valence-electron chi connectivity index (χ4n) is 3.01. The van der Waals surface area contributed by atoms with Crippen LogP contribution in [0.25, 0.3) is 0 Å². The van der Waals surface area contributed by atoms with Gasteiger partial charge in [-0.3, -0.25) is 4.79 Å². The van der Waals surface area contributed by atoms with Gasteiger partial charge in [0.1, 0.15) is 6.54 Å². The van der Waals surface area contributed by atoms with Gasteiger partial charge in [0, 0.05) is 0 Å². The molecule has 5 nitrogen and oxygen atoms in total. The Morgan fingerprint density at radius 2 is 1.75 bits per heavy atom. The van der Waals surface area contributed by atoms with Gasteiger partial charge in [-0.25, -0.2) is 9.69 Å². The lowest BCUT2D eigenvalue weighted by Gasteiger charge is -2.28. The van der Waals surface area contributed by atoms with E-state index in [0.29, 0.717) is 11.1 Å². The minimum Gasteiger partial charge on any atom is -0.315 e. The summed E-state index contributed by atoms with van der Waals surface area (Å²) < 4.78 is 0. The zero-order chi connectivity index (χ0) is 17.3. The summed E-state index contributed by atoms with van der Waals surface area (Å²) in [5.41, 5.74) is 2.20. The van der Waals surface area contributed by atoms with Crippen LogP contribution in [0.4, 0.5) is 4.79 Å². The molecule has 3 amide bonds. The van der Waals surface area contributed by atoms with Crippen LogP contribution in [0.2, 0.25) is 0 Å². The van der Waals surface area contributed by atoms with Crippen molar-refractivity contribution >= 4 is 11.9 Å². The maximum atomic E-state index is 13.1. The van der Waals surface area contributed by atoms with E-state index in [1.807, 2.05) is 68.4 Å². The number of hydrogen-bond donors (Lipinski definition) is 1. The van der Waals surface area contributed by atoms with Gasteiger partial charge in [0.25, 0.3) is 5.91 Å². The molecule has 0 bridgehead atoms. The van der Waals surface area contributed by atoms with E-state index >= 15 is 0 Å². The molecule has 1 heterocycles. The minimum absolute atomic E-state index is 0.274. The SMILES string of the molecule is Cc1ccc([C@]2(c3ccccc3)NC(=O)N(CC#N)C2=O)cc1C. The van der Waals surface area contributed by atoms with E-state index < -0.39 is 17.5 Å². The van der Waals surface area contributed by atoms with E-state index in [9.17, 15) is 9.59 Å². The van der Waals surface area contributed by atoms with Gasteiger partial charge in [-0.05, 0) is 36.1 Å². The molecule has 1 aliphatic rings. The molecule has 1 aliphatic heterocycles. The van der Waals surface area contributed by atoms with Gasteiger partial charge in [-0.2, -0.15) is 5.26 Å². The lowest BCUT2D eigenvalue weighted by Crippen LogP contribution is -2.45. The number of benzene rings is 2. The van der Waals surface area contributed by atoms with Gasteiger partial charge in [-0.15, -0.1) is 0 Å². The van der Waals surface area contributed by atoms with Crippen LogP contribution < -0.4 is 5.32 Å². The Labute approximate surface area is 140 Å². The molecule has 0 radical (unpaired) electrons. The number of nitrogens with one attached hydrogen (secondary N) is 1. The van der Waals surface area contributed by atoms with Gasteiger partial charge in [-0.1, -0.05) is 48.5 Å². The maximum Gasteiger partial charge on any atom is 0.326 e. The third-order valence-corrected chi connectivity index (χ3v) is 4.48. The summed E-state index contributed by atoms with van der Waals surface area (Å²) in [6.45, 7) is 3.68. The largest absolute Gasteiger partial charge is 0.326 e. The molecule has 1 saturated heterocycles. The second-order valence-corrected chi connectivity index (χ2v) is 5.89. The lowest BCUT2D eigenvalue weighted by molar-refractivity contribution is -0.129. The predicted octanol–water partition coefficient (Wildman–Crippen LogP) is 2.62. The van der Waals surface area contributed by atoms with Crippen molar-refractivity contribution in [3.05, 3.63) is 70.8 Å². The number of rotatable bonds is 3. The second kappa shape index (κ2) is 5.82. The number of urea groups is 1. The molecule has 120 valence electrons. The Balaban J connectivity index is 2.24. The van der Waals surface area contributed by atoms with E-state index in [2.05, 4.69) is 5.32 Å². The van der Waals surface area contributed by atoms with Crippen molar-refractivity contribution in [2.45, 2.75) is 19.4 Å². The number of carbonyl (C=O) groups excluding carboxylic acids is 2. The van der Waals surface area contributed by atoms with Gasteiger partial charge < -0.3 is 5.32 Å². The molecule has 0 spiro atoms. The van der Waals surface area contributed by atoms with E-state index in [1.165, 1.54) is 0 Å². The lowest BCUT2D eigenvalue weighted by atomic mass is 9.81. The van der Waals surface area contributed by atoms with Crippen molar-refractivity contribution in [2.24, 2.45) is 0 Å². The third-order valence-electron chi connectivity index (χ3n) is 4.48. The highest BCUT2D eigenvalue weighted by molar-refractivity contribution is 6.09. The minimum atomic E-state index is -1.30. The van der Waals surface area contributed by atoms with Gasteiger partial charge in [0.2, 0.25) is 0 Å². The van der Waals surface area contributed by atoms with E-state index in [0.717, 1.165) is 16.0 Å². The molecule has 2 aromatic carbocycles. The first-order valence-electron chi connectivity index (χ1n) is 7.65. The Hall–Kier alpha value is -3.13. The summed E-state index contributed by atoms with van der Waals surface area (Å²) in [6.07, 6.45) is 0. The van der Waals surface area contributed by atoms with Crippen molar-refractivity contribution in [2.75, 3.05) is 6.54 Å². The van der Waals surface area contributed by atoms with Crippen LogP contribution in [0.15, 0.2) is 48.5 Å². The summed E-state index contributed by atoms with van der Waals surface area (Å²) in [7, 11) is 0. The topological polar surface area (TPSA) is 73.2 Å². The monoisotopic (exact) mass is 319 g/mol. The predicted molar refractivity (Wildman–Crippen MR) is 89.0 cm³/mol. The summed E-state index contributed by atoms with van der Waals surface area (Å²) in [6, 6.07) is 16.1. The number of nitrogens with zero attached hydrogens (tertiary/aromatic N) is 2. The van der Waals surface area contributed by atoms with Crippen LogP contribution in [-0.4, -0.2) is 23.4 Å². The molecular formula is C19H17N3O2. The molecular weight excluding hydrogens is 302 g/mol. The van der Waals surface area contributed by atoms with Crippen LogP contribution >= 0.6 is 0 Å². The summed E-state index contributed by atoms with van der Waals surface area (Å²) >= 11 is 0. The molecule has 1 fully saturated rings. The molecule has 0 aliphatic carbocycles. The van der Waals surface area contributed by atoms with Crippen LogP contribution in [-0.2, 0) is 10.3 Å². The number of nitriles is 1. The molecule has 0 aromatic heterocycles. The van der Waals surface area contributed by atoms with E-state index in [1.54, 1.807) is 0 Å². The average Bonchev–Trinajstić information content (AvgIpc) is 2.84. The van der Waals surface area contributed by atoms with Crippen molar-refractivity contribution in [3.8, 4) is 6.07 Å². The molecule has 24 heavy (non-hydrogen) atoms. The summed E-state index contributed by atoms with van der Waals surface area (Å²) in [5, 5.41) is 11.7. The summed E-state index contributed by atoms with van der Waals surface area (Å²) in [5.74, 6) is -0.427. The first-order valence-corrected chi connectivity index (χ1v) is 7.65. The molecule has 5 heteroatoms. The van der Waals surface area contributed by atoms with Crippen molar-refractivity contribution in [1.29, 1.82) is 5.26 Å². The molecule has 3 rings (SSSR count). The first-order chi connectivity index (χ1) is 11.5. The Morgan fingerprint density at radius 3 is 2.38 bits per heavy atom. The summed E-state index contributed by atoms with van der Waals surface area (Å²) in [4.78, 5) is 26.4. The van der Waals surface area contributed by atoms with Crippen molar-refractivity contribution in [1.82, 2.24) is 10.2 Å².